The first-order valence-electron chi connectivity index (χ1n) is 6.25. The van der Waals surface area contributed by atoms with Crippen molar-refractivity contribution in [2.24, 2.45) is 0 Å². The average Bonchev–Trinajstić information content (AvgIpc) is 2.46. The first kappa shape index (κ1) is 13.9. The summed E-state index contributed by atoms with van der Waals surface area (Å²) in [6.45, 7) is 0.0684. The second-order valence-electron chi connectivity index (χ2n) is 4.56. The molecule has 0 heterocycles. The van der Waals surface area contributed by atoms with Crippen molar-refractivity contribution in [3.05, 3.63) is 0 Å². The summed E-state index contributed by atoms with van der Waals surface area (Å²) in [4.78, 5) is 0. The highest BCUT2D eigenvalue weighted by Gasteiger charge is 2.18. The van der Waals surface area contributed by atoms with Gasteiger partial charge in [0.2, 0.25) is 10.0 Å². The van der Waals surface area contributed by atoms with Crippen molar-refractivity contribution in [2.45, 2.75) is 57.4 Å². The normalized spacial score (nSPS) is 19.6. The van der Waals surface area contributed by atoms with Gasteiger partial charge in [-0.15, -0.1) is 0 Å². The van der Waals surface area contributed by atoms with Crippen LogP contribution in [0.4, 0.5) is 0 Å². The van der Waals surface area contributed by atoms with Crippen LogP contribution in [0.15, 0.2) is 0 Å². The molecule has 5 heteroatoms. The molecular formula is C11H23NO3S. The molecule has 0 amide bonds. The quantitative estimate of drug-likeness (QED) is 0.552. The van der Waals surface area contributed by atoms with Crippen molar-refractivity contribution in [3.63, 3.8) is 0 Å². The molecule has 0 radical (unpaired) electrons. The third-order valence-corrected chi connectivity index (χ3v) is 4.54. The van der Waals surface area contributed by atoms with E-state index >= 15 is 0 Å². The van der Waals surface area contributed by atoms with E-state index in [1.165, 1.54) is 12.8 Å². The van der Waals surface area contributed by atoms with E-state index in [2.05, 4.69) is 4.72 Å². The molecule has 0 aromatic carbocycles. The Balaban J connectivity index is 2.32. The molecule has 0 aromatic rings. The standard InChI is InChI=1S/C11H23NO3S/c13-9-5-6-10-16(14,15)12-11-7-3-1-2-4-8-11/h11-13H,1-10H2. The molecule has 1 fully saturated rings. The topological polar surface area (TPSA) is 66.4 Å². The lowest BCUT2D eigenvalue weighted by atomic mass is 10.1. The van der Waals surface area contributed by atoms with Gasteiger partial charge in [0, 0.05) is 12.6 Å². The molecule has 4 nitrogen and oxygen atoms in total. The Morgan fingerprint density at radius 2 is 1.69 bits per heavy atom. The Morgan fingerprint density at radius 1 is 1.06 bits per heavy atom. The van der Waals surface area contributed by atoms with Crippen LogP contribution in [0.2, 0.25) is 0 Å². The second-order valence-corrected chi connectivity index (χ2v) is 6.43. The van der Waals surface area contributed by atoms with Crippen LogP contribution in [0.3, 0.4) is 0 Å². The van der Waals surface area contributed by atoms with Gasteiger partial charge in [-0.3, -0.25) is 0 Å². The van der Waals surface area contributed by atoms with Crippen LogP contribution in [0.5, 0.6) is 0 Å². The Morgan fingerprint density at radius 3 is 2.25 bits per heavy atom. The van der Waals surface area contributed by atoms with E-state index in [1.807, 2.05) is 0 Å². The van der Waals surface area contributed by atoms with Gasteiger partial charge in [0.1, 0.15) is 0 Å². The minimum absolute atomic E-state index is 0.0684. The molecule has 1 rings (SSSR count). The number of hydrogen-bond donors (Lipinski definition) is 2. The molecule has 1 aliphatic carbocycles. The molecule has 1 aliphatic rings. The smallest absolute Gasteiger partial charge is 0.211 e. The van der Waals surface area contributed by atoms with Gasteiger partial charge >= 0.3 is 0 Å². The minimum Gasteiger partial charge on any atom is -0.396 e. The van der Waals surface area contributed by atoms with Crippen molar-refractivity contribution in [1.82, 2.24) is 4.72 Å². The summed E-state index contributed by atoms with van der Waals surface area (Å²) in [5.41, 5.74) is 0. The maximum absolute atomic E-state index is 11.7. The third-order valence-electron chi connectivity index (χ3n) is 3.02. The predicted octanol–water partition coefficient (Wildman–Crippen LogP) is 1.40. The molecule has 0 bridgehead atoms. The van der Waals surface area contributed by atoms with Crippen molar-refractivity contribution in [1.29, 1.82) is 0 Å². The third kappa shape index (κ3) is 5.82. The minimum atomic E-state index is -3.13. The van der Waals surface area contributed by atoms with Crippen molar-refractivity contribution in [2.75, 3.05) is 12.4 Å². The van der Waals surface area contributed by atoms with E-state index in [1.54, 1.807) is 0 Å². The van der Waals surface area contributed by atoms with Crippen LogP contribution in [0, 0.1) is 0 Å². The van der Waals surface area contributed by atoms with Crippen LogP contribution in [0.25, 0.3) is 0 Å². The lowest BCUT2D eigenvalue weighted by Gasteiger charge is -2.16. The van der Waals surface area contributed by atoms with Gasteiger partial charge in [0.05, 0.1) is 5.75 Å². The molecule has 0 spiro atoms. The molecule has 0 unspecified atom stereocenters. The lowest BCUT2D eigenvalue weighted by Crippen LogP contribution is -2.36. The van der Waals surface area contributed by atoms with Crippen molar-refractivity contribution < 1.29 is 13.5 Å². The van der Waals surface area contributed by atoms with E-state index in [4.69, 9.17) is 5.11 Å². The molecular weight excluding hydrogens is 226 g/mol. The van der Waals surface area contributed by atoms with Gasteiger partial charge in [-0.05, 0) is 25.7 Å². The van der Waals surface area contributed by atoms with Crippen molar-refractivity contribution in [3.8, 4) is 0 Å². The predicted molar refractivity (Wildman–Crippen MR) is 64.7 cm³/mol. The number of sulfonamides is 1. The zero-order chi connectivity index (χ0) is 11.9. The summed E-state index contributed by atoms with van der Waals surface area (Å²) in [5, 5.41) is 8.61. The SMILES string of the molecule is O=S(=O)(CCCCO)NC1CCCCCC1. The Kier molecular flexibility index (Phi) is 6.31. The number of aliphatic hydroxyl groups is 1. The summed E-state index contributed by atoms with van der Waals surface area (Å²) >= 11 is 0. The lowest BCUT2D eigenvalue weighted by molar-refractivity contribution is 0.287. The van der Waals surface area contributed by atoms with Crippen LogP contribution in [-0.2, 0) is 10.0 Å². The largest absolute Gasteiger partial charge is 0.396 e. The Hall–Kier alpha value is -0.130. The fourth-order valence-electron chi connectivity index (χ4n) is 2.11. The van der Waals surface area contributed by atoms with Gasteiger partial charge in [0.25, 0.3) is 0 Å². The van der Waals surface area contributed by atoms with Crippen LogP contribution in [0.1, 0.15) is 51.4 Å². The summed E-state index contributed by atoms with van der Waals surface area (Å²) in [6, 6.07) is 0.140. The summed E-state index contributed by atoms with van der Waals surface area (Å²) < 4.78 is 26.2. The second kappa shape index (κ2) is 7.25. The van der Waals surface area contributed by atoms with E-state index in [9.17, 15) is 8.42 Å². The van der Waals surface area contributed by atoms with E-state index in [-0.39, 0.29) is 18.4 Å². The number of nitrogens with one attached hydrogen (secondary N) is 1. The van der Waals surface area contributed by atoms with Crippen LogP contribution < -0.4 is 4.72 Å². The molecule has 0 aliphatic heterocycles. The highest BCUT2D eigenvalue weighted by molar-refractivity contribution is 7.89. The van der Waals surface area contributed by atoms with Gasteiger partial charge in [-0.25, -0.2) is 13.1 Å². The fourth-order valence-corrected chi connectivity index (χ4v) is 3.56. The molecule has 1 saturated carbocycles. The average molecular weight is 249 g/mol. The Bertz CT molecular complexity index is 269. The summed E-state index contributed by atoms with van der Waals surface area (Å²) in [6.07, 6.45) is 7.75. The number of unbranched alkanes of at least 4 members (excludes halogenated alkanes) is 1. The highest BCUT2D eigenvalue weighted by Crippen LogP contribution is 2.17. The van der Waals surface area contributed by atoms with Crippen LogP contribution >= 0.6 is 0 Å². The van der Waals surface area contributed by atoms with Gasteiger partial charge in [-0.1, -0.05) is 25.7 Å². The van der Waals surface area contributed by atoms with E-state index < -0.39 is 10.0 Å². The maximum atomic E-state index is 11.7. The Labute approximate surface area is 98.5 Å². The van der Waals surface area contributed by atoms with Gasteiger partial charge < -0.3 is 5.11 Å². The number of rotatable bonds is 6. The molecule has 2 N–H and O–H groups in total. The zero-order valence-corrected chi connectivity index (χ0v) is 10.6. The van der Waals surface area contributed by atoms with Crippen molar-refractivity contribution >= 4 is 10.0 Å². The molecule has 0 aromatic heterocycles. The zero-order valence-electron chi connectivity index (χ0n) is 9.82. The molecule has 0 saturated heterocycles. The van der Waals surface area contributed by atoms with E-state index in [0.29, 0.717) is 12.8 Å². The molecule has 96 valence electrons. The monoisotopic (exact) mass is 249 g/mol. The van der Waals surface area contributed by atoms with Gasteiger partial charge in [-0.2, -0.15) is 0 Å². The highest BCUT2D eigenvalue weighted by atomic mass is 32.2. The molecule has 16 heavy (non-hydrogen) atoms. The maximum Gasteiger partial charge on any atom is 0.211 e. The first-order valence-corrected chi connectivity index (χ1v) is 7.90. The molecule has 0 atom stereocenters. The number of aliphatic hydroxyl groups excluding tert-OH is 1. The summed E-state index contributed by atoms with van der Waals surface area (Å²) in [5.74, 6) is 0.143. The summed E-state index contributed by atoms with van der Waals surface area (Å²) in [7, 11) is -3.13. The van der Waals surface area contributed by atoms with Gasteiger partial charge in [0.15, 0.2) is 0 Å². The van der Waals surface area contributed by atoms with Crippen LogP contribution in [-0.4, -0.2) is 31.9 Å². The first-order chi connectivity index (χ1) is 7.64. The fraction of sp³-hybridized carbons (Fsp3) is 1.00. The number of hydrogen-bond acceptors (Lipinski definition) is 3. The van der Waals surface area contributed by atoms with E-state index in [0.717, 1.165) is 25.7 Å².